The van der Waals surface area contributed by atoms with E-state index in [0.29, 0.717) is 23.2 Å². The summed E-state index contributed by atoms with van der Waals surface area (Å²) in [5.41, 5.74) is 0. The summed E-state index contributed by atoms with van der Waals surface area (Å²) >= 11 is 1.40. The van der Waals surface area contributed by atoms with Crippen LogP contribution in [0.2, 0.25) is 0 Å². The van der Waals surface area contributed by atoms with Gasteiger partial charge in [0.1, 0.15) is 4.21 Å². The molecule has 1 aromatic heterocycles. The average Bonchev–Trinajstić information content (AvgIpc) is 3.14. The molecule has 1 heterocycles. The summed E-state index contributed by atoms with van der Waals surface area (Å²) in [7, 11) is -3.30. The third-order valence-corrected chi connectivity index (χ3v) is 7.01. The van der Waals surface area contributed by atoms with Gasteiger partial charge >= 0.3 is 0 Å². The fourth-order valence-electron chi connectivity index (χ4n) is 2.25. The highest BCUT2D eigenvalue weighted by molar-refractivity contribution is 7.91. The molecule has 2 rings (SSSR count). The van der Waals surface area contributed by atoms with Gasteiger partial charge in [0.25, 0.3) is 10.0 Å². The summed E-state index contributed by atoms with van der Waals surface area (Å²) in [5, 5.41) is 3.31. The number of hydrogen-bond donors (Lipinski definition) is 1. The molecular weight excluding hydrogens is 304 g/mol. The number of rotatable bonds is 10. The first-order chi connectivity index (χ1) is 10.1. The molecule has 0 unspecified atom stereocenters. The highest BCUT2D eigenvalue weighted by Gasteiger charge is 2.31. The maximum Gasteiger partial charge on any atom is 0.252 e. The number of hydrogen-bond acceptors (Lipinski definition) is 4. The molecule has 1 aliphatic rings. The summed E-state index contributed by atoms with van der Waals surface area (Å²) in [4.78, 5) is 1.09. The summed E-state index contributed by atoms with van der Waals surface area (Å²) < 4.78 is 27.7. The maximum absolute atomic E-state index is 12.7. The largest absolute Gasteiger partial charge is 0.312 e. The van der Waals surface area contributed by atoms with Crippen molar-refractivity contribution in [3.63, 3.8) is 0 Å². The number of nitrogens with one attached hydrogen (secondary N) is 1. The maximum atomic E-state index is 12.7. The van der Waals surface area contributed by atoms with Crippen molar-refractivity contribution in [1.29, 1.82) is 0 Å². The molecule has 1 saturated carbocycles. The van der Waals surface area contributed by atoms with Crippen LogP contribution < -0.4 is 5.32 Å². The highest BCUT2D eigenvalue weighted by atomic mass is 32.2. The van der Waals surface area contributed by atoms with Gasteiger partial charge < -0.3 is 5.32 Å². The first kappa shape index (κ1) is 16.9. The van der Waals surface area contributed by atoms with Crippen LogP contribution in [0, 0.1) is 5.92 Å². The molecule has 1 N–H and O–H groups in total. The molecule has 4 nitrogen and oxygen atoms in total. The lowest BCUT2D eigenvalue weighted by atomic mass is 10.4. The summed E-state index contributed by atoms with van der Waals surface area (Å²) in [6.45, 7) is 7.19. The molecule has 21 heavy (non-hydrogen) atoms. The molecule has 0 aliphatic heterocycles. The van der Waals surface area contributed by atoms with Crippen LogP contribution in [0.15, 0.2) is 16.3 Å². The second-order valence-electron chi connectivity index (χ2n) is 5.70. The Kier molecular flexibility index (Phi) is 6.22. The summed E-state index contributed by atoms with van der Waals surface area (Å²) in [5.74, 6) is 0.581. The monoisotopic (exact) mass is 330 g/mol. The van der Waals surface area contributed by atoms with Gasteiger partial charge in [-0.05, 0) is 50.3 Å². The normalized spacial score (nSPS) is 15.8. The molecule has 120 valence electrons. The van der Waals surface area contributed by atoms with Crippen LogP contribution in [-0.2, 0) is 16.6 Å². The zero-order chi connectivity index (χ0) is 15.3. The topological polar surface area (TPSA) is 49.4 Å². The fourth-order valence-corrected chi connectivity index (χ4v) is 5.34. The zero-order valence-electron chi connectivity index (χ0n) is 13.0. The Bertz CT molecular complexity index is 536. The SMILES string of the molecule is CCCNCc1ccc(S(=O)(=O)N(CCC)CC2CC2)s1. The lowest BCUT2D eigenvalue weighted by Crippen LogP contribution is -2.33. The van der Waals surface area contributed by atoms with Gasteiger partial charge in [-0.15, -0.1) is 11.3 Å². The van der Waals surface area contributed by atoms with Gasteiger partial charge in [-0.25, -0.2) is 8.42 Å². The molecule has 0 atom stereocenters. The number of nitrogens with zero attached hydrogens (tertiary/aromatic N) is 1. The molecule has 1 aliphatic carbocycles. The second-order valence-corrected chi connectivity index (χ2v) is 9.04. The van der Waals surface area contributed by atoms with Crippen molar-refractivity contribution in [2.75, 3.05) is 19.6 Å². The van der Waals surface area contributed by atoms with Crippen LogP contribution in [0.4, 0.5) is 0 Å². The van der Waals surface area contributed by atoms with E-state index in [1.165, 1.54) is 24.2 Å². The van der Waals surface area contributed by atoms with E-state index in [1.807, 2.05) is 13.0 Å². The molecule has 0 aromatic carbocycles. The quantitative estimate of drug-likeness (QED) is 0.671. The van der Waals surface area contributed by atoms with Crippen molar-refractivity contribution in [3.05, 3.63) is 17.0 Å². The third-order valence-electron chi connectivity index (χ3n) is 3.59. The van der Waals surface area contributed by atoms with Crippen LogP contribution in [0.3, 0.4) is 0 Å². The lowest BCUT2D eigenvalue weighted by molar-refractivity contribution is 0.397. The standard InChI is InChI=1S/C15H26N2O2S2/c1-3-9-16-11-14-7-8-15(20-14)21(18,19)17(10-4-2)12-13-5-6-13/h7-8,13,16H,3-6,9-12H2,1-2H3. The van der Waals surface area contributed by atoms with E-state index >= 15 is 0 Å². The first-order valence-electron chi connectivity index (χ1n) is 7.87. The molecule has 0 radical (unpaired) electrons. The summed E-state index contributed by atoms with van der Waals surface area (Å²) in [6, 6.07) is 3.69. The van der Waals surface area contributed by atoms with E-state index in [-0.39, 0.29) is 0 Å². The molecule has 0 amide bonds. The van der Waals surface area contributed by atoms with Crippen molar-refractivity contribution in [2.45, 2.75) is 50.3 Å². The Hall–Kier alpha value is -0.430. The van der Waals surface area contributed by atoms with E-state index in [0.717, 1.165) is 30.8 Å². The van der Waals surface area contributed by atoms with E-state index in [2.05, 4.69) is 12.2 Å². The Morgan fingerprint density at radius 1 is 1.29 bits per heavy atom. The van der Waals surface area contributed by atoms with Gasteiger partial charge in [-0.1, -0.05) is 13.8 Å². The van der Waals surface area contributed by atoms with E-state index in [4.69, 9.17) is 0 Å². The van der Waals surface area contributed by atoms with Crippen LogP contribution in [-0.4, -0.2) is 32.4 Å². The van der Waals surface area contributed by atoms with Crippen molar-refractivity contribution < 1.29 is 8.42 Å². The minimum atomic E-state index is -3.30. The average molecular weight is 331 g/mol. The fraction of sp³-hybridized carbons (Fsp3) is 0.733. The molecule has 0 saturated heterocycles. The molecule has 0 bridgehead atoms. The second kappa shape index (κ2) is 7.72. The molecule has 0 spiro atoms. The van der Waals surface area contributed by atoms with Gasteiger partial charge in [0.2, 0.25) is 0 Å². The predicted octanol–water partition coefficient (Wildman–Crippen LogP) is 3.06. The van der Waals surface area contributed by atoms with Crippen molar-refractivity contribution in [3.8, 4) is 0 Å². The minimum absolute atomic E-state index is 0.491. The number of thiophene rings is 1. The van der Waals surface area contributed by atoms with Crippen molar-refractivity contribution in [1.82, 2.24) is 9.62 Å². The highest BCUT2D eigenvalue weighted by Crippen LogP contribution is 2.33. The Morgan fingerprint density at radius 3 is 2.67 bits per heavy atom. The van der Waals surface area contributed by atoms with Crippen LogP contribution >= 0.6 is 11.3 Å². The predicted molar refractivity (Wildman–Crippen MR) is 88.1 cm³/mol. The lowest BCUT2D eigenvalue weighted by Gasteiger charge is -2.20. The Labute approximate surface area is 132 Å². The van der Waals surface area contributed by atoms with Gasteiger partial charge in [0, 0.05) is 24.5 Å². The minimum Gasteiger partial charge on any atom is -0.312 e. The molecule has 1 aromatic rings. The van der Waals surface area contributed by atoms with Crippen LogP contribution in [0.5, 0.6) is 0 Å². The van der Waals surface area contributed by atoms with Crippen molar-refractivity contribution >= 4 is 21.4 Å². The smallest absolute Gasteiger partial charge is 0.252 e. The van der Waals surface area contributed by atoms with Gasteiger partial charge in [-0.3, -0.25) is 0 Å². The van der Waals surface area contributed by atoms with Crippen molar-refractivity contribution in [2.24, 2.45) is 5.92 Å². The van der Waals surface area contributed by atoms with Gasteiger partial charge in [0.05, 0.1) is 0 Å². The summed E-state index contributed by atoms with van der Waals surface area (Å²) in [6.07, 6.45) is 4.29. The molecular formula is C15H26N2O2S2. The van der Waals surface area contributed by atoms with E-state index < -0.39 is 10.0 Å². The van der Waals surface area contributed by atoms with Gasteiger partial charge in [-0.2, -0.15) is 4.31 Å². The van der Waals surface area contributed by atoms with E-state index in [9.17, 15) is 8.42 Å². The van der Waals surface area contributed by atoms with Gasteiger partial charge in [0.15, 0.2) is 0 Å². The first-order valence-corrected chi connectivity index (χ1v) is 10.1. The number of sulfonamides is 1. The Balaban J connectivity index is 2.05. The van der Waals surface area contributed by atoms with Crippen LogP contribution in [0.1, 0.15) is 44.4 Å². The van der Waals surface area contributed by atoms with E-state index in [1.54, 1.807) is 10.4 Å². The van der Waals surface area contributed by atoms with Crippen LogP contribution in [0.25, 0.3) is 0 Å². The molecule has 6 heteroatoms. The zero-order valence-corrected chi connectivity index (χ0v) is 14.6. The third kappa shape index (κ3) is 4.77. The Morgan fingerprint density at radius 2 is 2.05 bits per heavy atom. The molecule has 1 fully saturated rings.